The minimum Gasteiger partial charge on any atom is -0.495 e. The van der Waals surface area contributed by atoms with Gasteiger partial charge in [-0.05, 0) is 42.9 Å². The molecule has 0 unspecified atom stereocenters. The smallest absolute Gasteiger partial charge is 0.321 e. The lowest BCUT2D eigenvalue weighted by Crippen LogP contribution is -2.33. The Balaban J connectivity index is 2.05. The van der Waals surface area contributed by atoms with E-state index in [1.807, 2.05) is 29.7 Å². The van der Waals surface area contributed by atoms with Crippen LogP contribution in [0.5, 0.6) is 5.75 Å². The van der Waals surface area contributed by atoms with Crippen LogP contribution >= 0.6 is 23.4 Å². The van der Waals surface area contributed by atoms with E-state index in [0.29, 0.717) is 22.4 Å². The molecule has 1 aromatic carbocycles. The van der Waals surface area contributed by atoms with Gasteiger partial charge in [0.1, 0.15) is 5.75 Å². The molecule has 0 spiro atoms. The average Bonchev–Trinajstić information content (AvgIpc) is 2.91. The SMILES string of the molecule is COc1cc(Cl)c(C)cc1NC(=O)N1CC[C@@H](CSC)C1. The first kappa shape index (κ1) is 16.3. The summed E-state index contributed by atoms with van der Waals surface area (Å²) < 4.78 is 5.28. The van der Waals surface area contributed by atoms with Crippen LogP contribution in [0, 0.1) is 12.8 Å². The van der Waals surface area contributed by atoms with Gasteiger partial charge in [-0.25, -0.2) is 4.79 Å². The molecule has 0 aliphatic carbocycles. The van der Waals surface area contributed by atoms with Gasteiger partial charge in [0.25, 0.3) is 0 Å². The normalized spacial score (nSPS) is 17.9. The van der Waals surface area contributed by atoms with Crippen LogP contribution in [0.4, 0.5) is 10.5 Å². The third kappa shape index (κ3) is 3.98. The van der Waals surface area contributed by atoms with Crippen LogP contribution in [0.1, 0.15) is 12.0 Å². The molecule has 1 aromatic rings. The summed E-state index contributed by atoms with van der Waals surface area (Å²) in [5.41, 5.74) is 1.58. The summed E-state index contributed by atoms with van der Waals surface area (Å²) >= 11 is 7.91. The van der Waals surface area contributed by atoms with Gasteiger partial charge in [-0.15, -0.1) is 0 Å². The molecule has 0 aromatic heterocycles. The molecule has 0 saturated carbocycles. The summed E-state index contributed by atoms with van der Waals surface area (Å²) in [6.07, 6.45) is 3.18. The van der Waals surface area contributed by atoms with Crippen molar-refractivity contribution in [2.24, 2.45) is 5.92 Å². The van der Waals surface area contributed by atoms with Crippen molar-refractivity contribution in [3.8, 4) is 5.75 Å². The lowest BCUT2D eigenvalue weighted by molar-refractivity contribution is 0.221. The van der Waals surface area contributed by atoms with E-state index in [9.17, 15) is 4.79 Å². The first-order valence-corrected chi connectivity index (χ1v) is 8.71. The fourth-order valence-corrected chi connectivity index (χ4v) is 3.41. The fraction of sp³-hybridized carbons (Fsp3) is 0.533. The standard InChI is InChI=1S/C15H21ClN2O2S/c1-10-6-13(14(20-2)7-12(10)16)17-15(19)18-5-4-11(8-18)9-21-3/h6-7,11H,4-5,8-9H2,1-3H3,(H,17,19)/t11-/m1/s1. The van der Waals surface area contributed by atoms with E-state index in [1.54, 1.807) is 13.2 Å². The zero-order valence-electron chi connectivity index (χ0n) is 12.6. The summed E-state index contributed by atoms with van der Waals surface area (Å²) in [6, 6.07) is 3.50. The van der Waals surface area contributed by atoms with Gasteiger partial charge in [-0.2, -0.15) is 11.8 Å². The molecule has 1 atom stereocenters. The van der Waals surface area contributed by atoms with Crippen molar-refractivity contribution in [1.82, 2.24) is 4.90 Å². The molecule has 0 radical (unpaired) electrons. The van der Waals surface area contributed by atoms with Crippen LogP contribution in [0.25, 0.3) is 0 Å². The molecule has 116 valence electrons. The first-order chi connectivity index (χ1) is 10.0. The Labute approximate surface area is 135 Å². The van der Waals surface area contributed by atoms with Gasteiger partial charge in [0, 0.05) is 24.2 Å². The molecule has 1 N–H and O–H groups in total. The van der Waals surface area contributed by atoms with E-state index in [0.717, 1.165) is 30.8 Å². The number of thioether (sulfide) groups is 1. The zero-order chi connectivity index (χ0) is 15.4. The van der Waals surface area contributed by atoms with Crippen molar-refractivity contribution in [3.05, 3.63) is 22.7 Å². The number of ether oxygens (including phenoxy) is 1. The Morgan fingerprint density at radius 3 is 3.00 bits per heavy atom. The van der Waals surface area contributed by atoms with Gasteiger partial charge < -0.3 is 15.0 Å². The quantitative estimate of drug-likeness (QED) is 0.912. The minimum atomic E-state index is -0.0707. The van der Waals surface area contributed by atoms with Crippen molar-refractivity contribution in [2.45, 2.75) is 13.3 Å². The number of nitrogens with one attached hydrogen (secondary N) is 1. The van der Waals surface area contributed by atoms with Crippen LogP contribution in [0.2, 0.25) is 5.02 Å². The third-order valence-corrected chi connectivity index (χ3v) is 4.91. The van der Waals surface area contributed by atoms with Crippen LogP contribution in [-0.2, 0) is 0 Å². The van der Waals surface area contributed by atoms with Crippen LogP contribution < -0.4 is 10.1 Å². The van der Waals surface area contributed by atoms with Crippen LogP contribution in [-0.4, -0.2) is 43.1 Å². The number of rotatable bonds is 4. The molecular formula is C15H21ClN2O2S. The summed E-state index contributed by atoms with van der Waals surface area (Å²) in [6.45, 7) is 3.54. The summed E-state index contributed by atoms with van der Waals surface area (Å²) in [5, 5.41) is 3.56. The predicted molar refractivity (Wildman–Crippen MR) is 89.8 cm³/mol. The maximum atomic E-state index is 12.3. The maximum absolute atomic E-state index is 12.3. The van der Waals surface area contributed by atoms with Gasteiger partial charge in [0.15, 0.2) is 0 Å². The van der Waals surface area contributed by atoms with E-state index in [1.165, 1.54) is 0 Å². The number of carbonyl (C=O) groups is 1. The molecule has 6 heteroatoms. The highest BCUT2D eigenvalue weighted by Gasteiger charge is 2.26. The van der Waals surface area contributed by atoms with E-state index < -0.39 is 0 Å². The second kappa shape index (κ2) is 7.27. The molecule has 1 fully saturated rings. The summed E-state index contributed by atoms with van der Waals surface area (Å²) in [5.74, 6) is 2.28. The topological polar surface area (TPSA) is 41.6 Å². The van der Waals surface area contributed by atoms with Gasteiger partial charge in [0.05, 0.1) is 12.8 Å². The molecule has 1 heterocycles. The lowest BCUT2D eigenvalue weighted by Gasteiger charge is -2.19. The Bertz CT molecular complexity index is 525. The lowest BCUT2D eigenvalue weighted by atomic mass is 10.2. The minimum absolute atomic E-state index is 0.0707. The molecule has 4 nitrogen and oxygen atoms in total. The van der Waals surface area contributed by atoms with Crippen molar-refractivity contribution < 1.29 is 9.53 Å². The second-order valence-corrected chi connectivity index (χ2v) is 6.61. The zero-order valence-corrected chi connectivity index (χ0v) is 14.2. The van der Waals surface area contributed by atoms with E-state index >= 15 is 0 Å². The summed E-state index contributed by atoms with van der Waals surface area (Å²) in [4.78, 5) is 14.2. The largest absolute Gasteiger partial charge is 0.495 e. The van der Waals surface area contributed by atoms with Gasteiger partial charge >= 0.3 is 6.03 Å². The number of nitrogens with zero attached hydrogens (tertiary/aromatic N) is 1. The van der Waals surface area contributed by atoms with Gasteiger partial charge in [-0.3, -0.25) is 0 Å². The third-order valence-electron chi connectivity index (χ3n) is 3.70. The Morgan fingerprint density at radius 2 is 2.33 bits per heavy atom. The second-order valence-electron chi connectivity index (χ2n) is 5.29. The number of methoxy groups -OCH3 is 1. The highest BCUT2D eigenvalue weighted by atomic mass is 35.5. The van der Waals surface area contributed by atoms with Crippen molar-refractivity contribution in [3.63, 3.8) is 0 Å². The number of halogens is 1. The number of aryl methyl sites for hydroxylation is 1. The predicted octanol–water partition coefficient (Wildman–Crippen LogP) is 3.87. The number of urea groups is 1. The van der Waals surface area contributed by atoms with Crippen LogP contribution in [0.15, 0.2) is 12.1 Å². The molecule has 1 aliphatic rings. The number of anilines is 1. The molecule has 2 rings (SSSR count). The highest BCUT2D eigenvalue weighted by molar-refractivity contribution is 7.98. The molecule has 2 amide bonds. The molecule has 1 saturated heterocycles. The fourth-order valence-electron chi connectivity index (χ4n) is 2.51. The van der Waals surface area contributed by atoms with Gasteiger partial charge in [-0.1, -0.05) is 11.6 Å². The number of likely N-dealkylation sites (tertiary alicyclic amines) is 1. The highest BCUT2D eigenvalue weighted by Crippen LogP contribution is 2.31. The van der Waals surface area contributed by atoms with E-state index in [-0.39, 0.29) is 6.03 Å². The maximum Gasteiger partial charge on any atom is 0.321 e. The van der Waals surface area contributed by atoms with Gasteiger partial charge in [0.2, 0.25) is 0 Å². The first-order valence-electron chi connectivity index (χ1n) is 6.94. The number of hydrogen-bond acceptors (Lipinski definition) is 3. The number of hydrogen-bond donors (Lipinski definition) is 1. The van der Waals surface area contributed by atoms with E-state index in [4.69, 9.17) is 16.3 Å². The van der Waals surface area contributed by atoms with E-state index in [2.05, 4.69) is 11.6 Å². The van der Waals surface area contributed by atoms with Crippen molar-refractivity contribution in [1.29, 1.82) is 0 Å². The Morgan fingerprint density at radius 1 is 1.57 bits per heavy atom. The van der Waals surface area contributed by atoms with Crippen LogP contribution in [0.3, 0.4) is 0 Å². The molecular weight excluding hydrogens is 308 g/mol. The molecule has 0 bridgehead atoms. The number of amides is 2. The summed E-state index contributed by atoms with van der Waals surface area (Å²) in [7, 11) is 1.57. The number of benzene rings is 1. The Kier molecular flexibility index (Phi) is 5.65. The van der Waals surface area contributed by atoms with Crippen molar-refractivity contribution in [2.75, 3.05) is 37.5 Å². The Hall–Kier alpha value is -1.07. The monoisotopic (exact) mass is 328 g/mol. The average molecular weight is 329 g/mol. The molecule has 21 heavy (non-hydrogen) atoms. The van der Waals surface area contributed by atoms with Crippen molar-refractivity contribution >= 4 is 35.1 Å². The number of carbonyl (C=O) groups excluding carboxylic acids is 1. The molecule has 1 aliphatic heterocycles.